The van der Waals surface area contributed by atoms with Gasteiger partial charge in [-0.05, 0) is 23.6 Å². The van der Waals surface area contributed by atoms with Gasteiger partial charge in [-0.15, -0.1) is 0 Å². The Hall–Kier alpha value is -0.0151. The summed E-state index contributed by atoms with van der Waals surface area (Å²) in [5.74, 6) is 0. The molecule has 1 heterocycles. The lowest BCUT2D eigenvalue weighted by Gasteiger charge is -2.23. The Balaban J connectivity index is 2.33. The summed E-state index contributed by atoms with van der Waals surface area (Å²) in [7, 11) is 0.0114. The molecule has 0 aliphatic carbocycles. The zero-order chi connectivity index (χ0) is 11.7. The van der Waals surface area contributed by atoms with Gasteiger partial charge in [-0.2, -0.15) is 0 Å². The lowest BCUT2D eigenvalue weighted by molar-refractivity contribution is 0.164. The largest absolute Gasteiger partial charge is 0.457 e. The highest BCUT2D eigenvalue weighted by molar-refractivity contribution is 6.45. The summed E-state index contributed by atoms with van der Waals surface area (Å²) in [5, 5.41) is 0. The van der Waals surface area contributed by atoms with Crippen LogP contribution in [-0.2, 0) is 9.31 Å². The molecule has 1 fully saturated rings. The predicted molar refractivity (Wildman–Crippen MR) is 64.9 cm³/mol. The number of rotatable bonds is 2. The summed E-state index contributed by atoms with van der Waals surface area (Å²) >= 11 is 0. The van der Waals surface area contributed by atoms with Crippen molar-refractivity contribution in [1.82, 2.24) is 0 Å². The fraction of sp³-hybridized carbons (Fsp3) is 1.00. The van der Waals surface area contributed by atoms with Gasteiger partial charge in [-0.25, -0.2) is 0 Å². The summed E-state index contributed by atoms with van der Waals surface area (Å²) < 4.78 is 11.6. The Morgan fingerprint density at radius 1 is 1.07 bits per heavy atom. The molecule has 3 heteroatoms. The van der Waals surface area contributed by atoms with Gasteiger partial charge in [0.25, 0.3) is 0 Å². The maximum absolute atomic E-state index is 5.89. The molecular weight excluding hydrogens is 187 g/mol. The van der Waals surface area contributed by atoms with Crippen LogP contribution >= 0.6 is 0 Å². The van der Waals surface area contributed by atoms with Crippen molar-refractivity contribution in [1.29, 1.82) is 0 Å². The van der Waals surface area contributed by atoms with Crippen LogP contribution in [0, 0.1) is 10.8 Å². The summed E-state index contributed by atoms with van der Waals surface area (Å²) in [6.07, 6.45) is 2.35. The van der Waals surface area contributed by atoms with E-state index >= 15 is 0 Å². The molecule has 0 saturated carbocycles. The third-order valence-electron chi connectivity index (χ3n) is 2.43. The smallest absolute Gasteiger partial charge is 0.408 e. The predicted octanol–water partition coefficient (Wildman–Crippen LogP) is 3.37. The van der Waals surface area contributed by atoms with E-state index < -0.39 is 0 Å². The van der Waals surface area contributed by atoms with E-state index in [1.165, 1.54) is 0 Å². The van der Waals surface area contributed by atoms with Crippen LogP contribution in [0.5, 0.6) is 0 Å². The Bertz CT molecular complexity index is 181. The van der Waals surface area contributed by atoms with Gasteiger partial charge in [0.1, 0.15) is 0 Å². The summed E-state index contributed by atoms with van der Waals surface area (Å²) in [5.41, 5.74) is 0.603. The molecule has 1 rings (SSSR count). The molecule has 0 amide bonds. The van der Waals surface area contributed by atoms with Crippen molar-refractivity contribution in [3.63, 3.8) is 0 Å². The van der Waals surface area contributed by atoms with Gasteiger partial charge in [0, 0.05) is 0 Å². The molecule has 1 aliphatic heterocycles. The maximum atomic E-state index is 5.89. The van der Waals surface area contributed by atoms with Crippen LogP contribution in [0.1, 0.15) is 48.0 Å². The second-order valence-corrected chi connectivity index (χ2v) is 7.05. The first-order valence-electron chi connectivity index (χ1n) is 5.93. The summed E-state index contributed by atoms with van der Waals surface area (Å²) in [6, 6.07) is 0. The maximum Gasteiger partial charge on any atom is 0.457 e. The second-order valence-electron chi connectivity index (χ2n) is 7.05. The minimum atomic E-state index is 0.0114. The van der Waals surface area contributed by atoms with Crippen LogP contribution in [0.4, 0.5) is 0 Å². The Kier molecular flexibility index (Phi) is 3.88. The quantitative estimate of drug-likeness (QED) is 0.653. The standard InChI is InChI=1S/C12H25BO2/c1-11(2,3)7-10-8-14-13(15-10)9-12(4,5)6/h10H,7-9H2,1-6H3. The van der Waals surface area contributed by atoms with E-state index in [2.05, 4.69) is 41.5 Å². The molecule has 0 aromatic heterocycles. The minimum absolute atomic E-state index is 0.0114. The van der Waals surface area contributed by atoms with Gasteiger partial charge in [0.2, 0.25) is 0 Å². The lowest BCUT2D eigenvalue weighted by atomic mass is 9.71. The van der Waals surface area contributed by atoms with Crippen molar-refractivity contribution in [3.05, 3.63) is 0 Å². The van der Waals surface area contributed by atoms with Crippen molar-refractivity contribution in [2.24, 2.45) is 10.8 Å². The van der Waals surface area contributed by atoms with Gasteiger partial charge in [0.05, 0.1) is 12.7 Å². The van der Waals surface area contributed by atoms with Crippen LogP contribution in [0.25, 0.3) is 0 Å². The summed E-state index contributed by atoms with van der Waals surface area (Å²) in [4.78, 5) is 0. The zero-order valence-corrected chi connectivity index (χ0v) is 11.1. The first-order valence-corrected chi connectivity index (χ1v) is 5.93. The molecule has 0 aromatic carbocycles. The van der Waals surface area contributed by atoms with E-state index in [0.717, 1.165) is 19.3 Å². The van der Waals surface area contributed by atoms with Gasteiger partial charge < -0.3 is 9.31 Å². The Labute approximate surface area is 94.9 Å². The molecule has 1 unspecified atom stereocenters. The van der Waals surface area contributed by atoms with E-state index in [1.54, 1.807) is 0 Å². The van der Waals surface area contributed by atoms with Crippen LogP contribution in [0.3, 0.4) is 0 Å². The SMILES string of the molecule is CC(C)(C)CB1OCC(CC(C)(C)C)O1. The average Bonchev–Trinajstić information content (AvgIpc) is 2.28. The molecule has 2 nitrogen and oxygen atoms in total. The Morgan fingerprint density at radius 3 is 2.13 bits per heavy atom. The average molecular weight is 212 g/mol. The molecule has 0 radical (unpaired) electrons. The van der Waals surface area contributed by atoms with Crippen LogP contribution in [0.15, 0.2) is 0 Å². The molecule has 15 heavy (non-hydrogen) atoms. The van der Waals surface area contributed by atoms with Gasteiger partial charge in [-0.3, -0.25) is 0 Å². The highest BCUT2D eigenvalue weighted by Crippen LogP contribution is 2.30. The molecular formula is C12H25BO2. The summed E-state index contributed by atoms with van der Waals surface area (Å²) in [6.45, 7) is 14.1. The third kappa shape index (κ3) is 5.57. The molecule has 0 aromatic rings. The molecule has 1 atom stereocenters. The van der Waals surface area contributed by atoms with Crippen LogP contribution in [0.2, 0.25) is 6.32 Å². The van der Waals surface area contributed by atoms with Gasteiger partial charge in [0.15, 0.2) is 0 Å². The third-order valence-corrected chi connectivity index (χ3v) is 2.43. The van der Waals surface area contributed by atoms with Crippen molar-refractivity contribution in [3.8, 4) is 0 Å². The normalized spacial score (nSPS) is 23.6. The topological polar surface area (TPSA) is 18.5 Å². The van der Waals surface area contributed by atoms with Crippen molar-refractivity contribution < 1.29 is 9.31 Å². The molecule has 1 aliphatic rings. The number of hydrogen-bond donors (Lipinski definition) is 0. The highest BCUT2D eigenvalue weighted by Gasteiger charge is 2.35. The Morgan fingerprint density at radius 2 is 1.67 bits per heavy atom. The fourth-order valence-corrected chi connectivity index (χ4v) is 1.90. The van der Waals surface area contributed by atoms with Crippen LogP contribution in [-0.4, -0.2) is 19.8 Å². The second kappa shape index (κ2) is 4.46. The van der Waals surface area contributed by atoms with E-state index in [0.29, 0.717) is 5.41 Å². The van der Waals surface area contributed by atoms with E-state index in [1.807, 2.05) is 0 Å². The molecule has 0 spiro atoms. The van der Waals surface area contributed by atoms with E-state index in [-0.39, 0.29) is 18.6 Å². The monoisotopic (exact) mass is 212 g/mol. The van der Waals surface area contributed by atoms with E-state index in [4.69, 9.17) is 9.31 Å². The first-order chi connectivity index (χ1) is 6.66. The minimum Gasteiger partial charge on any atom is -0.408 e. The zero-order valence-electron chi connectivity index (χ0n) is 11.1. The fourth-order valence-electron chi connectivity index (χ4n) is 1.90. The molecule has 88 valence electrons. The van der Waals surface area contributed by atoms with Crippen molar-refractivity contribution in [2.45, 2.75) is 60.4 Å². The lowest BCUT2D eigenvalue weighted by Crippen LogP contribution is -2.25. The first kappa shape index (κ1) is 13.1. The van der Waals surface area contributed by atoms with E-state index in [9.17, 15) is 0 Å². The van der Waals surface area contributed by atoms with Crippen LogP contribution < -0.4 is 0 Å². The van der Waals surface area contributed by atoms with Crippen molar-refractivity contribution >= 4 is 7.12 Å². The number of hydrogen-bond acceptors (Lipinski definition) is 2. The molecule has 0 bridgehead atoms. The highest BCUT2D eigenvalue weighted by atomic mass is 16.6. The van der Waals surface area contributed by atoms with Crippen molar-refractivity contribution in [2.75, 3.05) is 6.61 Å². The molecule has 1 saturated heterocycles. The van der Waals surface area contributed by atoms with Gasteiger partial charge in [-0.1, -0.05) is 41.5 Å². The molecule has 0 N–H and O–H groups in total. The van der Waals surface area contributed by atoms with Gasteiger partial charge >= 0.3 is 7.12 Å².